The Labute approximate surface area is 82.9 Å². The highest BCUT2D eigenvalue weighted by molar-refractivity contribution is 5.83. The van der Waals surface area contributed by atoms with Crippen LogP contribution < -0.4 is 0 Å². The van der Waals surface area contributed by atoms with Crippen molar-refractivity contribution in [3.63, 3.8) is 0 Å². The maximum atomic E-state index is 9.02. The van der Waals surface area contributed by atoms with Crippen LogP contribution in [0.4, 0.5) is 0 Å². The molecule has 0 spiro atoms. The Bertz CT molecular complexity index is 456. The fourth-order valence-electron chi connectivity index (χ4n) is 1.62. The van der Waals surface area contributed by atoms with Crippen LogP contribution in [-0.4, -0.2) is 10.1 Å². The van der Waals surface area contributed by atoms with Gasteiger partial charge in [0.25, 0.3) is 0 Å². The number of fused-ring (bicyclic) bond motifs is 1. The second-order valence-electron chi connectivity index (χ2n) is 3.43. The molecule has 0 fully saturated rings. The fourth-order valence-corrected chi connectivity index (χ4v) is 1.62. The van der Waals surface area contributed by atoms with Gasteiger partial charge in [-0.15, -0.1) is 0 Å². The standard InChI is InChI=1S/C12H13NO/c1-9(14)6-7-10-8-13-12-5-3-2-4-11(10)12/h2-5,8,13-14H,1,6-7H2. The molecule has 0 aliphatic carbocycles. The van der Waals surface area contributed by atoms with E-state index in [0.717, 1.165) is 11.9 Å². The van der Waals surface area contributed by atoms with Crippen molar-refractivity contribution < 1.29 is 5.11 Å². The molecule has 0 bridgehead atoms. The summed E-state index contributed by atoms with van der Waals surface area (Å²) < 4.78 is 0. The molecule has 2 nitrogen and oxygen atoms in total. The van der Waals surface area contributed by atoms with Crippen molar-refractivity contribution in [3.8, 4) is 0 Å². The van der Waals surface area contributed by atoms with E-state index < -0.39 is 0 Å². The SMILES string of the molecule is C=C(O)CCc1c[nH]c2ccccc12. The number of rotatable bonds is 3. The number of hydrogen-bond donors (Lipinski definition) is 2. The molecule has 0 amide bonds. The van der Waals surface area contributed by atoms with Gasteiger partial charge in [-0.3, -0.25) is 0 Å². The predicted octanol–water partition coefficient (Wildman–Crippen LogP) is 3.17. The number of nitrogens with one attached hydrogen (secondary N) is 1. The summed E-state index contributed by atoms with van der Waals surface area (Å²) in [6.45, 7) is 3.48. The molecule has 2 aromatic rings. The van der Waals surface area contributed by atoms with Crippen LogP contribution in [0, 0.1) is 0 Å². The van der Waals surface area contributed by atoms with Crippen molar-refractivity contribution in [3.05, 3.63) is 48.4 Å². The largest absolute Gasteiger partial charge is 0.513 e. The van der Waals surface area contributed by atoms with Gasteiger partial charge in [0.2, 0.25) is 0 Å². The maximum absolute atomic E-state index is 9.02. The molecule has 2 N–H and O–H groups in total. The number of aliphatic hydroxyl groups is 1. The average Bonchev–Trinajstić information content (AvgIpc) is 2.58. The Kier molecular flexibility index (Phi) is 2.27. The molecule has 2 rings (SSSR count). The molecule has 0 aliphatic heterocycles. The monoisotopic (exact) mass is 187 g/mol. The lowest BCUT2D eigenvalue weighted by Crippen LogP contribution is -1.85. The van der Waals surface area contributed by atoms with Crippen LogP contribution in [0.15, 0.2) is 42.8 Å². The zero-order chi connectivity index (χ0) is 9.97. The number of allylic oxidation sites excluding steroid dienone is 1. The van der Waals surface area contributed by atoms with E-state index in [2.05, 4.69) is 17.6 Å². The van der Waals surface area contributed by atoms with E-state index in [-0.39, 0.29) is 5.76 Å². The number of aromatic nitrogens is 1. The molecular weight excluding hydrogens is 174 g/mol. The highest BCUT2D eigenvalue weighted by Crippen LogP contribution is 2.19. The smallest absolute Gasteiger partial charge is 0.0854 e. The van der Waals surface area contributed by atoms with Crippen LogP contribution in [0.2, 0.25) is 0 Å². The topological polar surface area (TPSA) is 36.0 Å². The minimum atomic E-state index is 0.246. The summed E-state index contributed by atoms with van der Waals surface area (Å²) in [5, 5.41) is 10.2. The van der Waals surface area contributed by atoms with E-state index in [9.17, 15) is 0 Å². The van der Waals surface area contributed by atoms with E-state index in [1.165, 1.54) is 10.9 Å². The summed E-state index contributed by atoms with van der Waals surface area (Å²) in [5.41, 5.74) is 2.38. The third-order valence-electron chi connectivity index (χ3n) is 2.36. The molecular formula is C12H13NO. The van der Waals surface area contributed by atoms with E-state index in [0.29, 0.717) is 6.42 Å². The number of para-hydroxylation sites is 1. The third-order valence-corrected chi connectivity index (χ3v) is 2.36. The Balaban J connectivity index is 2.29. The van der Waals surface area contributed by atoms with Gasteiger partial charge in [0, 0.05) is 23.5 Å². The van der Waals surface area contributed by atoms with Gasteiger partial charge in [0.1, 0.15) is 0 Å². The number of benzene rings is 1. The Morgan fingerprint density at radius 2 is 2.14 bits per heavy atom. The lowest BCUT2D eigenvalue weighted by atomic mass is 10.1. The molecule has 72 valence electrons. The van der Waals surface area contributed by atoms with Crippen LogP contribution >= 0.6 is 0 Å². The molecule has 0 aliphatic rings. The van der Waals surface area contributed by atoms with Gasteiger partial charge < -0.3 is 10.1 Å². The van der Waals surface area contributed by atoms with Crippen molar-refractivity contribution in [2.45, 2.75) is 12.8 Å². The first kappa shape index (κ1) is 8.88. The Morgan fingerprint density at radius 1 is 1.36 bits per heavy atom. The van der Waals surface area contributed by atoms with Gasteiger partial charge >= 0.3 is 0 Å². The minimum absolute atomic E-state index is 0.246. The highest BCUT2D eigenvalue weighted by Gasteiger charge is 2.02. The van der Waals surface area contributed by atoms with Gasteiger partial charge in [-0.2, -0.15) is 0 Å². The summed E-state index contributed by atoms with van der Waals surface area (Å²) in [5.74, 6) is 0.246. The molecule has 0 atom stereocenters. The van der Waals surface area contributed by atoms with Crippen LogP contribution in [-0.2, 0) is 6.42 Å². The third kappa shape index (κ3) is 1.64. The molecule has 0 radical (unpaired) electrons. The van der Waals surface area contributed by atoms with Crippen molar-refractivity contribution in [2.24, 2.45) is 0 Å². The Hall–Kier alpha value is -1.70. The van der Waals surface area contributed by atoms with Gasteiger partial charge in [-0.05, 0) is 18.1 Å². The Morgan fingerprint density at radius 3 is 2.93 bits per heavy atom. The lowest BCUT2D eigenvalue weighted by molar-refractivity contribution is 0.391. The number of aromatic amines is 1. The molecule has 1 aromatic heterocycles. The molecule has 1 heterocycles. The maximum Gasteiger partial charge on any atom is 0.0854 e. The first-order valence-corrected chi connectivity index (χ1v) is 4.69. The molecule has 0 unspecified atom stereocenters. The van der Waals surface area contributed by atoms with Crippen LogP contribution in [0.5, 0.6) is 0 Å². The second kappa shape index (κ2) is 3.58. The highest BCUT2D eigenvalue weighted by atomic mass is 16.3. The minimum Gasteiger partial charge on any atom is -0.513 e. The predicted molar refractivity (Wildman–Crippen MR) is 58.4 cm³/mol. The van der Waals surface area contributed by atoms with E-state index >= 15 is 0 Å². The van der Waals surface area contributed by atoms with Gasteiger partial charge in [0.05, 0.1) is 5.76 Å². The second-order valence-corrected chi connectivity index (χ2v) is 3.43. The number of aliphatic hydroxyl groups excluding tert-OH is 1. The van der Waals surface area contributed by atoms with E-state index in [1.54, 1.807) is 0 Å². The van der Waals surface area contributed by atoms with Crippen LogP contribution in [0.3, 0.4) is 0 Å². The van der Waals surface area contributed by atoms with Crippen molar-refractivity contribution in [2.75, 3.05) is 0 Å². The van der Waals surface area contributed by atoms with E-state index in [4.69, 9.17) is 5.11 Å². The number of hydrogen-bond acceptors (Lipinski definition) is 1. The molecule has 14 heavy (non-hydrogen) atoms. The van der Waals surface area contributed by atoms with Gasteiger partial charge in [0.15, 0.2) is 0 Å². The van der Waals surface area contributed by atoms with Crippen LogP contribution in [0.1, 0.15) is 12.0 Å². The first-order chi connectivity index (χ1) is 6.77. The van der Waals surface area contributed by atoms with Gasteiger partial charge in [-0.25, -0.2) is 0 Å². The summed E-state index contributed by atoms with van der Waals surface area (Å²) in [7, 11) is 0. The molecule has 2 heteroatoms. The van der Waals surface area contributed by atoms with Crippen molar-refractivity contribution >= 4 is 10.9 Å². The molecule has 0 saturated heterocycles. The molecule has 0 saturated carbocycles. The quantitative estimate of drug-likeness (QED) is 0.711. The summed E-state index contributed by atoms with van der Waals surface area (Å²) in [4.78, 5) is 3.20. The zero-order valence-corrected chi connectivity index (χ0v) is 7.96. The summed E-state index contributed by atoms with van der Waals surface area (Å²) >= 11 is 0. The van der Waals surface area contributed by atoms with Crippen LogP contribution in [0.25, 0.3) is 10.9 Å². The summed E-state index contributed by atoms with van der Waals surface area (Å²) in [6, 6.07) is 8.16. The van der Waals surface area contributed by atoms with Crippen molar-refractivity contribution in [1.82, 2.24) is 4.98 Å². The summed E-state index contributed by atoms with van der Waals surface area (Å²) in [6.07, 6.45) is 3.45. The molecule has 1 aromatic carbocycles. The first-order valence-electron chi connectivity index (χ1n) is 4.69. The fraction of sp³-hybridized carbons (Fsp3) is 0.167. The lowest BCUT2D eigenvalue weighted by Gasteiger charge is -1.97. The number of H-pyrrole nitrogens is 1. The normalized spacial score (nSPS) is 10.6. The van der Waals surface area contributed by atoms with Gasteiger partial charge in [-0.1, -0.05) is 24.8 Å². The zero-order valence-electron chi connectivity index (χ0n) is 7.96. The van der Waals surface area contributed by atoms with E-state index in [1.807, 2.05) is 24.4 Å². The average molecular weight is 187 g/mol. The van der Waals surface area contributed by atoms with Crippen molar-refractivity contribution in [1.29, 1.82) is 0 Å². The number of aryl methyl sites for hydroxylation is 1.